The maximum atomic E-state index is 13.2. The van der Waals surface area contributed by atoms with Gasteiger partial charge in [-0.25, -0.2) is 4.79 Å². The lowest BCUT2D eigenvalue weighted by atomic mass is 10.0. The van der Waals surface area contributed by atoms with Crippen LogP contribution in [0.5, 0.6) is 0 Å². The number of hydrogen-bond donors (Lipinski definition) is 9. The van der Waals surface area contributed by atoms with Gasteiger partial charge in [0.15, 0.2) is 0 Å². The molecule has 0 fully saturated rings. The number of rotatable bonds is 23. The van der Waals surface area contributed by atoms with Gasteiger partial charge in [-0.2, -0.15) is 0 Å². The Labute approximate surface area is 232 Å². The minimum Gasteiger partial charge on any atom is -0.480 e. The van der Waals surface area contributed by atoms with Crippen LogP contribution in [0, 0.1) is 0 Å². The molecule has 0 spiro atoms. The first-order chi connectivity index (χ1) is 17.7. The molecule has 0 unspecified atom stereocenters. The fourth-order valence-corrected chi connectivity index (χ4v) is 3.74. The second-order valence-electron chi connectivity index (χ2n) is 9.27. The van der Waals surface area contributed by atoms with Crippen molar-refractivity contribution in [2.24, 2.45) is 28.7 Å². The molecular formula is C24H51ClN8O5. The van der Waals surface area contributed by atoms with Crippen molar-refractivity contribution in [3.05, 3.63) is 0 Å². The predicted molar refractivity (Wildman–Crippen MR) is 150 cm³/mol. The first-order valence-corrected chi connectivity index (χ1v) is 13.4. The summed E-state index contributed by atoms with van der Waals surface area (Å²) in [6.07, 6.45) is 6.28. The minimum atomic E-state index is -1.16. The van der Waals surface area contributed by atoms with Gasteiger partial charge in [-0.15, -0.1) is 12.4 Å². The first kappa shape index (κ1) is 38.1. The van der Waals surface area contributed by atoms with E-state index in [1.165, 1.54) is 0 Å². The average Bonchev–Trinajstić information content (AvgIpc) is 2.86. The molecule has 0 aromatic carbocycles. The zero-order valence-electron chi connectivity index (χ0n) is 22.5. The molecule has 38 heavy (non-hydrogen) atoms. The Hall–Kier alpha value is -2.03. The van der Waals surface area contributed by atoms with E-state index >= 15 is 0 Å². The predicted octanol–water partition coefficient (Wildman–Crippen LogP) is -1.21. The Morgan fingerprint density at radius 3 is 1.21 bits per heavy atom. The van der Waals surface area contributed by atoms with Crippen molar-refractivity contribution in [3.8, 4) is 0 Å². The number of halogens is 1. The standard InChI is InChI=1S/C24H50N8O5.ClH/c25-13-5-1-9-17(29)21(33)30-18(10-2-6-14-26)22(34)31-19(11-3-7-15-27)23(35)32-20(24(36)37)12-4-8-16-28;/h17-20H,1-16,25-29H2,(H,30,33)(H,31,34)(H,32,35)(H,36,37);1H/t17-,18-,19-,20-;/m0./s1. The lowest BCUT2D eigenvalue weighted by Crippen LogP contribution is -2.57. The Morgan fingerprint density at radius 1 is 0.526 bits per heavy atom. The van der Waals surface area contributed by atoms with Crippen LogP contribution in [0.15, 0.2) is 0 Å². The molecule has 0 saturated carbocycles. The molecule has 14 heteroatoms. The van der Waals surface area contributed by atoms with Crippen LogP contribution >= 0.6 is 12.4 Å². The van der Waals surface area contributed by atoms with Gasteiger partial charge in [0.2, 0.25) is 17.7 Å². The van der Waals surface area contributed by atoms with E-state index in [1.54, 1.807) is 0 Å². The first-order valence-electron chi connectivity index (χ1n) is 13.4. The number of carbonyl (C=O) groups excluding carboxylic acids is 3. The van der Waals surface area contributed by atoms with E-state index in [-0.39, 0.29) is 25.2 Å². The Balaban J connectivity index is 0. The Morgan fingerprint density at radius 2 is 0.842 bits per heavy atom. The summed E-state index contributed by atoms with van der Waals surface area (Å²) < 4.78 is 0. The van der Waals surface area contributed by atoms with Crippen LogP contribution in [0.3, 0.4) is 0 Å². The number of carboxylic acid groups (broad SMARTS) is 1. The highest BCUT2D eigenvalue weighted by Crippen LogP contribution is 2.08. The number of unbranched alkanes of at least 4 members (excludes halogenated alkanes) is 4. The van der Waals surface area contributed by atoms with Crippen molar-refractivity contribution >= 4 is 36.1 Å². The molecule has 0 aliphatic carbocycles. The Kier molecular flexibility index (Phi) is 24.1. The molecule has 0 radical (unpaired) electrons. The molecule has 13 nitrogen and oxygen atoms in total. The van der Waals surface area contributed by atoms with E-state index < -0.39 is 47.9 Å². The number of carbonyl (C=O) groups is 4. The van der Waals surface area contributed by atoms with Gasteiger partial charge < -0.3 is 49.7 Å². The highest BCUT2D eigenvalue weighted by atomic mass is 35.5. The number of amides is 3. The van der Waals surface area contributed by atoms with Crippen LogP contribution in [0.1, 0.15) is 77.0 Å². The second-order valence-corrected chi connectivity index (χ2v) is 9.27. The molecule has 0 aromatic heterocycles. The summed E-state index contributed by atoms with van der Waals surface area (Å²) in [5, 5.41) is 17.4. The van der Waals surface area contributed by atoms with E-state index in [2.05, 4.69) is 16.0 Å². The summed E-state index contributed by atoms with van der Waals surface area (Å²) in [6.45, 7) is 1.78. The third kappa shape index (κ3) is 17.5. The van der Waals surface area contributed by atoms with Gasteiger partial charge in [-0.1, -0.05) is 6.42 Å². The van der Waals surface area contributed by atoms with E-state index in [1.807, 2.05) is 0 Å². The lowest BCUT2D eigenvalue weighted by Gasteiger charge is -2.25. The fourth-order valence-electron chi connectivity index (χ4n) is 3.74. The van der Waals surface area contributed by atoms with Crippen molar-refractivity contribution in [2.45, 2.75) is 101 Å². The summed E-state index contributed by atoms with van der Waals surface area (Å²) in [4.78, 5) is 50.4. The number of carboxylic acids is 1. The van der Waals surface area contributed by atoms with E-state index in [0.717, 1.165) is 6.42 Å². The molecule has 0 aromatic rings. The molecule has 0 saturated heterocycles. The smallest absolute Gasteiger partial charge is 0.326 e. The lowest BCUT2D eigenvalue weighted by molar-refractivity contribution is -0.142. The van der Waals surface area contributed by atoms with E-state index in [9.17, 15) is 24.3 Å². The van der Waals surface area contributed by atoms with Crippen LogP contribution in [-0.4, -0.2) is 79.1 Å². The molecule has 0 bridgehead atoms. The topological polar surface area (TPSA) is 255 Å². The molecule has 0 heterocycles. The molecule has 0 aliphatic rings. The monoisotopic (exact) mass is 566 g/mol. The van der Waals surface area contributed by atoms with Gasteiger partial charge in [0.1, 0.15) is 18.1 Å². The molecule has 3 amide bonds. The van der Waals surface area contributed by atoms with Crippen LogP contribution in [0.4, 0.5) is 0 Å². The quantitative estimate of drug-likeness (QED) is 0.0666. The summed E-state index contributed by atoms with van der Waals surface area (Å²) in [5.74, 6) is -2.76. The van der Waals surface area contributed by atoms with Crippen LogP contribution in [0.2, 0.25) is 0 Å². The summed E-state index contributed by atoms with van der Waals surface area (Å²) in [6, 6.07) is -3.78. The van der Waals surface area contributed by atoms with E-state index in [0.29, 0.717) is 84.0 Å². The van der Waals surface area contributed by atoms with Crippen molar-refractivity contribution in [3.63, 3.8) is 0 Å². The molecule has 224 valence electrons. The van der Waals surface area contributed by atoms with Crippen molar-refractivity contribution in [1.82, 2.24) is 16.0 Å². The average molecular weight is 567 g/mol. The van der Waals surface area contributed by atoms with Crippen LogP contribution in [0.25, 0.3) is 0 Å². The maximum absolute atomic E-state index is 13.2. The van der Waals surface area contributed by atoms with Crippen LogP contribution < -0.4 is 44.6 Å². The molecular weight excluding hydrogens is 516 g/mol. The zero-order valence-corrected chi connectivity index (χ0v) is 23.3. The van der Waals surface area contributed by atoms with Crippen LogP contribution in [-0.2, 0) is 19.2 Å². The van der Waals surface area contributed by atoms with Gasteiger partial charge in [-0.3, -0.25) is 14.4 Å². The number of aliphatic carboxylic acids is 1. The number of hydrogen-bond acceptors (Lipinski definition) is 9. The molecule has 4 atom stereocenters. The zero-order chi connectivity index (χ0) is 28.1. The largest absolute Gasteiger partial charge is 0.480 e. The Bertz CT molecular complexity index is 674. The summed E-state index contributed by atoms with van der Waals surface area (Å²) >= 11 is 0. The number of nitrogens with two attached hydrogens (primary N) is 5. The van der Waals surface area contributed by atoms with Crippen molar-refractivity contribution in [1.29, 1.82) is 0 Å². The fraction of sp³-hybridized carbons (Fsp3) is 0.833. The molecule has 0 aliphatic heterocycles. The van der Waals surface area contributed by atoms with Gasteiger partial charge in [0, 0.05) is 0 Å². The van der Waals surface area contributed by atoms with Gasteiger partial charge in [0.05, 0.1) is 6.04 Å². The summed E-state index contributed by atoms with van der Waals surface area (Å²) in [7, 11) is 0. The maximum Gasteiger partial charge on any atom is 0.326 e. The van der Waals surface area contributed by atoms with Crippen molar-refractivity contribution < 1.29 is 24.3 Å². The third-order valence-electron chi connectivity index (χ3n) is 6.03. The highest BCUT2D eigenvalue weighted by Gasteiger charge is 2.29. The van der Waals surface area contributed by atoms with Crippen molar-refractivity contribution in [2.75, 3.05) is 26.2 Å². The number of nitrogens with one attached hydrogen (secondary N) is 3. The summed E-state index contributed by atoms with van der Waals surface area (Å²) in [5.41, 5.74) is 28.1. The molecule has 14 N–H and O–H groups in total. The molecule has 0 rings (SSSR count). The normalized spacial score (nSPS) is 13.9. The van der Waals surface area contributed by atoms with Gasteiger partial charge in [-0.05, 0) is 96.8 Å². The van der Waals surface area contributed by atoms with Gasteiger partial charge in [0.25, 0.3) is 0 Å². The van der Waals surface area contributed by atoms with Gasteiger partial charge >= 0.3 is 5.97 Å². The minimum absolute atomic E-state index is 0. The highest BCUT2D eigenvalue weighted by molar-refractivity contribution is 5.94. The SMILES string of the molecule is Cl.NCCCC[C@H](NC(=O)[C@H](CCCCN)NC(=O)[C@H](CCCCN)NC(=O)[C@@H](N)CCCCN)C(=O)O. The second kappa shape index (κ2) is 24.0. The third-order valence-corrected chi connectivity index (χ3v) is 6.03. The van der Waals surface area contributed by atoms with E-state index in [4.69, 9.17) is 28.7 Å².